The molecule has 1 rings (SSSR count). The third-order valence-corrected chi connectivity index (χ3v) is 2.70. The standard InChI is InChI=1S/C12H21ClN2/c1-4-6-15-7-5-14-12(15)9-10(2)8-11(3)13/h5,7,10-11H,4,6,8-9H2,1-3H3. The maximum absolute atomic E-state index is 5.99. The molecule has 0 aromatic carbocycles. The molecule has 0 saturated heterocycles. The van der Waals surface area contributed by atoms with Crippen molar-refractivity contribution in [1.29, 1.82) is 0 Å². The Bertz CT molecular complexity index is 281. The fourth-order valence-corrected chi connectivity index (χ4v) is 2.23. The molecule has 0 saturated carbocycles. The molecule has 15 heavy (non-hydrogen) atoms. The summed E-state index contributed by atoms with van der Waals surface area (Å²) < 4.78 is 2.25. The third-order valence-electron chi connectivity index (χ3n) is 2.52. The van der Waals surface area contributed by atoms with Crippen LogP contribution in [-0.4, -0.2) is 14.9 Å². The summed E-state index contributed by atoms with van der Waals surface area (Å²) >= 11 is 5.99. The van der Waals surface area contributed by atoms with Gasteiger partial charge in [-0.25, -0.2) is 4.98 Å². The van der Waals surface area contributed by atoms with Crippen molar-refractivity contribution >= 4 is 11.6 Å². The van der Waals surface area contributed by atoms with Gasteiger partial charge in [0.2, 0.25) is 0 Å². The summed E-state index contributed by atoms with van der Waals surface area (Å²) in [5.41, 5.74) is 0. The second-order valence-corrected chi connectivity index (χ2v) is 5.11. The maximum Gasteiger partial charge on any atom is 0.108 e. The van der Waals surface area contributed by atoms with Crippen LogP contribution in [0.4, 0.5) is 0 Å². The number of hydrogen-bond acceptors (Lipinski definition) is 1. The average Bonchev–Trinajstić information content (AvgIpc) is 2.52. The molecule has 0 aliphatic rings. The summed E-state index contributed by atoms with van der Waals surface area (Å²) in [4.78, 5) is 4.40. The van der Waals surface area contributed by atoms with Crippen LogP contribution in [0.25, 0.3) is 0 Å². The monoisotopic (exact) mass is 228 g/mol. The minimum atomic E-state index is 0.259. The van der Waals surface area contributed by atoms with Gasteiger partial charge < -0.3 is 4.57 Å². The Morgan fingerprint density at radius 3 is 2.80 bits per heavy atom. The van der Waals surface area contributed by atoms with E-state index < -0.39 is 0 Å². The zero-order valence-electron chi connectivity index (χ0n) is 9.91. The second kappa shape index (κ2) is 6.16. The predicted octanol–water partition coefficient (Wildman–Crippen LogP) is 3.49. The summed E-state index contributed by atoms with van der Waals surface area (Å²) in [5.74, 6) is 1.80. The van der Waals surface area contributed by atoms with E-state index in [0.29, 0.717) is 5.92 Å². The van der Waals surface area contributed by atoms with Crippen molar-refractivity contribution in [2.45, 2.75) is 52.0 Å². The highest BCUT2D eigenvalue weighted by Gasteiger charge is 2.10. The van der Waals surface area contributed by atoms with E-state index >= 15 is 0 Å². The quantitative estimate of drug-likeness (QED) is 0.682. The van der Waals surface area contributed by atoms with Gasteiger partial charge >= 0.3 is 0 Å². The number of aryl methyl sites for hydroxylation is 1. The van der Waals surface area contributed by atoms with Crippen molar-refractivity contribution in [1.82, 2.24) is 9.55 Å². The largest absolute Gasteiger partial charge is 0.335 e. The summed E-state index contributed by atoms with van der Waals surface area (Å²) in [7, 11) is 0. The molecular formula is C12H21ClN2. The molecule has 2 nitrogen and oxygen atoms in total. The van der Waals surface area contributed by atoms with E-state index in [0.717, 1.165) is 25.8 Å². The lowest BCUT2D eigenvalue weighted by molar-refractivity contribution is 0.494. The van der Waals surface area contributed by atoms with Crippen molar-refractivity contribution in [3.05, 3.63) is 18.2 Å². The van der Waals surface area contributed by atoms with Gasteiger partial charge in [0, 0.05) is 30.7 Å². The van der Waals surface area contributed by atoms with Gasteiger partial charge in [0.05, 0.1) is 0 Å². The first-order chi connectivity index (χ1) is 7.13. The van der Waals surface area contributed by atoms with E-state index in [1.54, 1.807) is 0 Å². The van der Waals surface area contributed by atoms with Crippen molar-refractivity contribution in [2.24, 2.45) is 5.92 Å². The van der Waals surface area contributed by atoms with Crippen LogP contribution in [0.15, 0.2) is 12.4 Å². The number of nitrogens with zero attached hydrogens (tertiary/aromatic N) is 2. The number of rotatable bonds is 6. The fourth-order valence-electron chi connectivity index (χ4n) is 1.92. The van der Waals surface area contributed by atoms with Gasteiger partial charge in [-0.2, -0.15) is 0 Å². The number of aromatic nitrogens is 2. The molecule has 0 aliphatic carbocycles. The normalized spacial score (nSPS) is 15.2. The summed E-state index contributed by atoms with van der Waals surface area (Å²) in [5, 5.41) is 0.259. The zero-order valence-corrected chi connectivity index (χ0v) is 10.7. The summed E-state index contributed by atoms with van der Waals surface area (Å²) in [6.07, 6.45) is 7.20. The molecule has 0 N–H and O–H groups in total. The fraction of sp³-hybridized carbons (Fsp3) is 0.750. The number of halogens is 1. The Morgan fingerprint density at radius 2 is 2.20 bits per heavy atom. The first kappa shape index (κ1) is 12.6. The summed E-state index contributed by atoms with van der Waals surface area (Å²) in [6.45, 7) is 7.55. The molecule has 3 heteroatoms. The molecule has 0 spiro atoms. The molecule has 0 aliphatic heterocycles. The van der Waals surface area contributed by atoms with E-state index in [-0.39, 0.29) is 5.38 Å². The van der Waals surface area contributed by atoms with Crippen LogP contribution in [0.5, 0.6) is 0 Å². The lowest BCUT2D eigenvalue weighted by atomic mass is 10.0. The number of alkyl halides is 1. The van der Waals surface area contributed by atoms with Crippen molar-refractivity contribution in [3.63, 3.8) is 0 Å². The van der Waals surface area contributed by atoms with Crippen LogP contribution < -0.4 is 0 Å². The Labute approximate surface area is 97.7 Å². The average molecular weight is 229 g/mol. The van der Waals surface area contributed by atoms with E-state index in [1.807, 2.05) is 6.20 Å². The van der Waals surface area contributed by atoms with E-state index in [9.17, 15) is 0 Å². The zero-order chi connectivity index (χ0) is 11.3. The van der Waals surface area contributed by atoms with Crippen LogP contribution in [0.2, 0.25) is 0 Å². The minimum absolute atomic E-state index is 0.259. The van der Waals surface area contributed by atoms with Crippen molar-refractivity contribution in [2.75, 3.05) is 0 Å². The molecule has 1 aromatic heterocycles. The van der Waals surface area contributed by atoms with Gasteiger partial charge in [0.1, 0.15) is 5.82 Å². The van der Waals surface area contributed by atoms with Gasteiger partial charge in [-0.05, 0) is 25.7 Å². The van der Waals surface area contributed by atoms with Crippen LogP contribution in [0.1, 0.15) is 39.4 Å². The van der Waals surface area contributed by atoms with Crippen LogP contribution in [0, 0.1) is 5.92 Å². The van der Waals surface area contributed by atoms with E-state index in [4.69, 9.17) is 11.6 Å². The smallest absolute Gasteiger partial charge is 0.108 e. The topological polar surface area (TPSA) is 17.8 Å². The maximum atomic E-state index is 5.99. The van der Waals surface area contributed by atoms with Crippen molar-refractivity contribution in [3.8, 4) is 0 Å². The Morgan fingerprint density at radius 1 is 1.47 bits per heavy atom. The van der Waals surface area contributed by atoms with E-state index in [2.05, 4.69) is 36.5 Å². The number of hydrogen-bond donors (Lipinski definition) is 0. The van der Waals surface area contributed by atoms with Crippen LogP contribution >= 0.6 is 11.6 Å². The molecule has 1 heterocycles. The molecule has 86 valence electrons. The first-order valence-electron chi connectivity index (χ1n) is 5.77. The Hall–Kier alpha value is -0.500. The Balaban J connectivity index is 2.51. The lowest BCUT2D eigenvalue weighted by Crippen LogP contribution is -2.10. The van der Waals surface area contributed by atoms with Gasteiger partial charge in [-0.15, -0.1) is 11.6 Å². The van der Waals surface area contributed by atoms with Gasteiger partial charge in [0.25, 0.3) is 0 Å². The molecule has 2 atom stereocenters. The molecule has 2 unspecified atom stereocenters. The third kappa shape index (κ3) is 4.25. The molecule has 0 bridgehead atoms. The van der Waals surface area contributed by atoms with Crippen LogP contribution in [0.3, 0.4) is 0 Å². The van der Waals surface area contributed by atoms with Gasteiger partial charge in [-0.3, -0.25) is 0 Å². The molecular weight excluding hydrogens is 208 g/mol. The molecule has 0 amide bonds. The SMILES string of the molecule is CCCn1ccnc1CC(C)CC(C)Cl. The van der Waals surface area contributed by atoms with Gasteiger partial charge in [0.15, 0.2) is 0 Å². The predicted molar refractivity (Wildman–Crippen MR) is 65.3 cm³/mol. The van der Waals surface area contributed by atoms with Crippen molar-refractivity contribution < 1.29 is 0 Å². The second-order valence-electron chi connectivity index (χ2n) is 4.36. The lowest BCUT2D eigenvalue weighted by Gasteiger charge is -2.13. The molecule has 0 fully saturated rings. The molecule has 1 aromatic rings. The highest BCUT2D eigenvalue weighted by Crippen LogP contribution is 2.15. The minimum Gasteiger partial charge on any atom is -0.335 e. The highest BCUT2D eigenvalue weighted by atomic mass is 35.5. The summed E-state index contributed by atoms with van der Waals surface area (Å²) in [6, 6.07) is 0. The van der Waals surface area contributed by atoms with E-state index in [1.165, 1.54) is 5.82 Å². The van der Waals surface area contributed by atoms with Gasteiger partial charge in [-0.1, -0.05) is 13.8 Å². The highest BCUT2D eigenvalue weighted by molar-refractivity contribution is 6.20. The van der Waals surface area contributed by atoms with Crippen LogP contribution in [-0.2, 0) is 13.0 Å². The first-order valence-corrected chi connectivity index (χ1v) is 6.21. The number of imidazole rings is 1. The Kier molecular flexibility index (Phi) is 5.16. The molecule has 0 radical (unpaired) electrons.